The van der Waals surface area contributed by atoms with E-state index in [0.29, 0.717) is 16.7 Å². The number of aromatic nitrogens is 2. The van der Waals surface area contributed by atoms with Crippen LogP contribution in [-0.4, -0.2) is 17.0 Å². The van der Waals surface area contributed by atoms with Gasteiger partial charge in [0.1, 0.15) is 5.82 Å². The summed E-state index contributed by atoms with van der Waals surface area (Å²) in [6, 6.07) is 6.06. The molecule has 4 N–H and O–H groups in total. The fourth-order valence-electron chi connectivity index (χ4n) is 2.24. The SMILES string of the molecule is CNc1cc2[nH]c(=O)c(-c3c(Cl)ccc(N)c3F)cc2cn1. The number of halogens is 2. The summed E-state index contributed by atoms with van der Waals surface area (Å²) in [5.74, 6) is -0.0961. The third-order valence-corrected chi connectivity index (χ3v) is 3.69. The van der Waals surface area contributed by atoms with E-state index in [-0.39, 0.29) is 21.8 Å². The molecule has 3 aromatic rings. The molecule has 0 bridgehead atoms. The molecule has 0 amide bonds. The Labute approximate surface area is 129 Å². The molecule has 0 radical (unpaired) electrons. The van der Waals surface area contributed by atoms with Gasteiger partial charge in [0.2, 0.25) is 0 Å². The smallest absolute Gasteiger partial charge is 0.256 e. The number of nitrogens with zero attached hydrogens (tertiary/aromatic N) is 1. The second-order valence-corrected chi connectivity index (χ2v) is 5.15. The minimum atomic E-state index is -0.711. The van der Waals surface area contributed by atoms with Crippen molar-refractivity contribution >= 4 is 34.0 Å². The maximum Gasteiger partial charge on any atom is 0.256 e. The van der Waals surface area contributed by atoms with Gasteiger partial charge in [-0.15, -0.1) is 0 Å². The number of nitrogen functional groups attached to an aromatic ring is 1. The normalized spacial score (nSPS) is 10.9. The van der Waals surface area contributed by atoms with Gasteiger partial charge >= 0.3 is 0 Å². The molecule has 0 aliphatic rings. The average molecular weight is 319 g/mol. The van der Waals surface area contributed by atoms with Gasteiger partial charge in [-0.2, -0.15) is 0 Å². The molecule has 0 atom stereocenters. The van der Waals surface area contributed by atoms with E-state index in [9.17, 15) is 9.18 Å². The topological polar surface area (TPSA) is 83.8 Å². The lowest BCUT2D eigenvalue weighted by Crippen LogP contribution is -2.11. The summed E-state index contributed by atoms with van der Waals surface area (Å²) < 4.78 is 14.3. The van der Waals surface area contributed by atoms with Crippen LogP contribution in [0.3, 0.4) is 0 Å². The molecule has 0 aliphatic carbocycles. The number of pyridine rings is 2. The van der Waals surface area contributed by atoms with Crippen molar-refractivity contribution in [3.05, 3.63) is 51.7 Å². The Bertz CT molecular complexity index is 939. The fraction of sp³-hybridized carbons (Fsp3) is 0.0667. The number of nitrogens with one attached hydrogen (secondary N) is 2. The molecule has 0 fully saturated rings. The first-order valence-electron chi connectivity index (χ1n) is 6.46. The first-order chi connectivity index (χ1) is 10.5. The predicted octanol–water partition coefficient (Wildman–Crippen LogP) is 3.01. The van der Waals surface area contributed by atoms with Gasteiger partial charge in [-0.3, -0.25) is 4.79 Å². The molecule has 22 heavy (non-hydrogen) atoms. The van der Waals surface area contributed by atoms with Crippen LogP contribution in [0.4, 0.5) is 15.9 Å². The van der Waals surface area contributed by atoms with Crippen LogP contribution in [-0.2, 0) is 0 Å². The van der Waals surface area contributed by atoms with Gasteiger partial charge < -0.3 is 16.0 Å². The number of H-pyrrole nitrogens is 1. The maximum atomic E-state index is 14.3. The molecule has 0 spiro atoms. The zero-order valence-corrected chi connectivity index (χ0v) is 12.3. The van der Waals surface area contributed by atoms with Crippen molar-refractivity contribution in [2.75, 3.05) is 18.1 Å². The molecule has 0 saturated carbocycles. The Morgan fingerprint density at radius 1 is 1.36 bits per heavy atom. The third-order valence-electron chi connectivity index (χ3n) is 3.37. The van der Waals surface area contributed by atoms with Gasteiger partial charge in [-0.05, 0) is 18.2 Å². The highest BCUT2D eigenvalue weighted by atomic mass is 35.5. The fourth-order valence-corrected chi connectivity index (χ4v) is 2.49. The number of rotatable bonds is 2. The standard InChI is InChI=1S/C15H12ClFN4O/c1-19-12-5-11-7(6-20-12)4-8(15(22)21-11)13-9(16)2-3-10(18)14(13)17/h2-6H,18H2,1H3,(H,19,20)(H,21,22). The third kappa shape index (κ3) is 2.27. The van der Waals surface area contributed by atoms with Crippen molar-refractivity contribution < 1.29 is 4.39 Å². The van der Waals surface area contributed by atoms with Crippen LogP contribution < -0.4 is 16.6 Å². The number of anilines is 2. The second kappa shape index (κ2) is 5.31. The first kappa shape index (κ1) is 14.3. The minimum absolute atomic E-state index is 0.0116. The van der Waals surface area contributed by atoms with Gasteiger partial charge in [-0.1, -0.05) is 11.6 Å². The highest BCUT2D eigenvalue weighted by Gasteiger charge is 2.16. The lowest BCUT2D eigenvalue weighted by Gasteiger charge is -2.09. The van der Waals surface area contributed by atoms with Gasteiger partial charge in [-0.25, -0.2) is 9.37 Å². The number of fused-ring (bicyclic) bond motifs is 1. The number of aromatic amines is 1. The second-order valence-electron chi connectivity index (χ2n) is 4.74. The Kier molecular flexibility index (Phi) is 3.46. The Morgan fingerprint density at radius 2 is 2.14 bits per heavy atom. The van der Waals surface area contributed by atoms with Crippen LogP contribution in [0.1, 0.15) is 0 Å². The zero-order chi connectivity index (χ0) is 15.9. The molecule has 5 nitrogen and oxygen atoms in total. The lowest BCUT2D eigenvalue weighted by atomic mass is 10.0. The minimum Gasteiger partial charge on any atom is -0.396 e. The first-order valence-corrected chi connectivity index (χ1v) is 6.83. The highest BCUT2D eigenvalue weighted by molar-refractivity contribution is 6.33. The van der Waals surface area contributed by atoms with Crippen molar-refractivity contribution in [2.45, 2.75) is 0 Å². The van der Waals surface area contributed by atoms with Gasteiger partial charge in [0.05, 0.1) is 21.8 Å². The van der Waals surface area contributed by atoms with Crippen LogP contribution in [0.2, 0.25) is 5.02 Å². The quantitative estimate of drug-likeness (QED) is 0.634. The van der Waals surface area contributed by atoms with E-state index < -0.39 is 11.4 Å². The zero-order valence-electron chi connectivity index (χ0n) is 11.6. The highest BCUT2D eigenvalue weighted by Crippen LogP contribution is 2.32. The van der Waals surface area contributed by atoms with Crippen molar-refractivity contribution in [3.8, 4) is 11.1 Å². The number of hydrogen-bond donors (Lipinski definition) is 3. The predicted molar refractivity (Wildman–Crippen MR) is 86.7 cm³/mol. The molecule has 0 aliphatic heterocycles. The van der Waals surface area contributed by atoms with Gasteiger partial charge in [0, 0.05) is 30.3 Å². The summed E-state index contributed by atoms with van der Waals surface area (Å²) in [7, 11) is 1.72. The van der Waals surface area contributed by atoms with Gasteiger partial charge in [0.15, 0.2) is 5.82 Å². The van der Waals surface area contributed by atoms with E-state index in [1.54, 1.807) is 25.4 Å². The number of benzene rings is 1. The number of hydrogen-bond acceptors (Lipinski definition) is 4. The summed E-state index contributed by atoms with van der Waals surface area (Å²) in [5, 5.41) is 3.66. The Balaban J connectivity index is 2.31. The van der Waals surface area contributed by atoms with E-state index in [1.807, 2.05) is 0 Å². The molecule has 112 valence electrons. The summed E-state index contributed by atoms with van der Waals surface area (Å²) in [5.41, 5.74) is 5.73. The largest absolute Gasteiger partial charge is 0.396 e. The summed E-state index contributed by atoms with van der Waals surface area (Å²) in [4.78, 5) is 19.2. The van der Waals surface area contributed by atoms with Crippen LogP contribution in [0, 0.1) is 5.82 Å². The molecule has 0 unspecified atom stereocenters. The van der Waals surface area contributed by atoms with E-state index in [1.165, 1.54) is 12.1 Å². The maximum absolute atomic E-state index is 14.3. The summed E-state index contributed by atoms with van der Waals surface area (Å²) in [6.45, 7) is 0. The van der Waals surface area contributed by atoms with Crippen molar-refractivity contribution in [3.63, 3.8) is 0 Å². The summed E-state index contributed by atoms with van der Waals surface area (Å²) in [6.07, 6.45) is 1.58. The van der Waals surface area contributed by atoms with Crippen LogP contribution in [0.5, 0.6) is 0 Å². The van der Waals surface area contributed by atoms with E-state index in [0.717, 1.165) is 0 Å². The Morgan fingerprint density at radius 3 is 2.86 bits per heavy atom. The van der Waals surface area contributed by atoms with E-state index in [2.05, 4.69) is 15.3 Å². The lowest BCUT2D eigenvalue weighted by molar-refractivity contribution is 0.636. The molecule has 1 aromatic carbocycles. The number of nitrogens with two attached hydrogens (primary N) is 1. The van der Waals surface area contributed by atoms with E-state index in [4.69, 9.17) is 17.3 Å². The van der Waals surface area contributed by atoms with E-state index >= 15 is 0 Å². The monoisotopic (exact) mass is 318 g/mol. The summed E-state index contributed by atoms with van der Waals surface area (Å²) >= 11 is 6.03. The molecule has 7 heteroatoms. The van der Waals surface area contributed by atoms with Crippen molar-refractivity contribution in [1.29, 1.82) is 0 Å². The average Bonchev–Trinajstić information content (AvgIpc) is 2.51. The molecular formula is C15H12ClFN4O. The van der Waals surface area contributed by atoms with Gasteiger partial charge in [0.25, 0.3) is 5.56 Å². The molecule has 0 saturated heterocycles. The molecule has 3 rings (SSSR count). The van der Waals surface area contributed by atoms with Crippen LogP contribution in [0.25, 0.3) is 22.0 Å². The van der Waals surface area contributed by atoms with Crippen molar-refractivity contribution in [1.82, 2.24) is 9.97 Å². The molecule has 2 aromatic heterocycles. The molecule has 2 heterocycles. The van der Waals surface area contributed by atoms with Crippen LogP contribution >= 0.6 is 11.6 Å². The molecular weight excluding hydrogens is 307 g/mol. The van der Waals surface area contributed by atoms with Crippen LogP contribution in [0.15, 0.2) is 35.3 Å². The van der Waals surface area contributed by atoms with Crippen molar-refractivity contribution in [2.24, 2.45) is 0 Å². The Hall–Kier alpha value is -2.60.